The first-order valence-corrected chi connectivity index (χ1v) is 6.51. The van der Waals surface area contributed by atoms with Crippen LogP contribution in [0.25, 0.3) is 0 Å². The highest BCUT2D eigenvalue weighted by molar-refractivity contribution is 5.54. The molecule has 1 atom stereocenters. The molecule has 102 valence electrons. The molecular formula is C14H20N4O. The Labute approximate surface area is 112 Å². The van der Waals surface area contributed by atoms with Crippen LogP contribution in [0.5, 0.6) is 0 Å². The summed E-state index contributed by atoms with van der Waals surface area (Å²) in [5.41, 5.74) is 2.83. The molecule has 0 aliphatic rings. The summed E-state index contributed by atoms with van der Waals surface area (Å²) in [6.07, 6.45) is 4.72. The molecule has 2 N–H and O–H groups in total. The number of nitrogens with zero attached hydrogens (tertiary/aromatic N) is 2. The van der Waals surface area contributed by atoms with Crippen LogP contribution in [-0.2, 0) is 6.54 Å². The molecule has 0 saturated carbocycles. The molecule has 0 radical (unpaired) electrons. The zero-order valence-corrected chi connectivity index (χ0v) is 11.6. The maximum atomic E-state index is 11.3. The van der Waals surface area contributed by atoms with Crippen LogP contribution in [0.1, 0.15) is 24.6 Å². The third-order valence-corrected chi connectivity index (χ3v) is 3.17. The number of pyridine rings is 1. The first-order valence-electron chi connectivity index (χ1n) is 6.51. The fraction of sp³-hybridized carbons (Fsp3) is 0.429. The molecule has 0 aliphatic heterocycles. The highest BCUT2D eigenvalue weighted by atomic mass is 16.1. The second-order valence-electron chi connectivity index (χ2n) is 4.92. The molecule has 5 heteroatoms. The van der Waals surface area contributed by atoms with Crippen molar-refractivity contribution in [1.82, 2.24) is 14.8 Å². The van der Waals surface area contributed by atoms with E-state index < -0.39 is 0 Å². The lowest BCUT2D eigenvalue weighted by atomic mass is 10.1. The molecule has 0 spiro atoms. The van der Waals surface area contributed by atoms with Gasteiger partial charge in [0.1, 0.15) is 0 Å². The Bertz CT molecular complexity index is 560. The Balaban J connectivity index is 1.99. The van der Waals surface area contributed by atoms with E-state index in [2.05, 4.69) is 22.3 Å². The first kappa shape index (κ1) is 13.4. The van der Waals surface area contributed by atoms with Crippen molar-refractivity contribution in [2.24, 2.45) is 0 Å². The van der Waals surface area contributed by atoms with Crippen molar-refractivity contribution >= 4 is 5.69 Å². The van der Waals surface area contributed by atoms with Crippen molar-refractivity contribution in [2.75, 3.05) is 5.32 Å². The van der Waals surface area contributed by atoms with Crippen LogP contribution in [0.4, 0.5) is 5.69 Å². The number of rotatable bonds is 5. The summed E-state index contributed by atoms with van der Waals surface area (Å²) < 4.78 is 1.92. The van der Waals surface area contributed by atoms with Crippen molar-refractivity contribution in [3.63, 3.8) is 0 Å². The summed E-state index contributed by atoms with van der Waals surface area (Å²) >= 11 is 0. The fourth-order valence-corrected chi connectivity index (χ4v) is 2.15. The Hall–Kier alpha value is -2.04. The smallest absolute Gasteiger partial charge is 0.248 e. The molecule has 5 nitrogen and oxygen atoms in total. The minimum atomic E-state index is -0.0512. The van der Waals surface area contributed by atoms with E-state index in [4.69, 9.17) is 0 Å². The average molecular weight is 260 g/mol. The molecule has 0 amide bonds. The van der Waals surface area contributed by atoms with Gasteiger partial charge in [0, 0.05) is 36.7 Å². The lowest BCUT2D eigenvalue weighted by Crippen LogP contribution is -2.21. The predicted octanol–water partition coefficient (Wildman–Crippen LogP) is 2.08. The SMILES string of the molecule is Cc1cc(=O)[nH]c(C)c1NC(C)CCn1cccn1. The van der Waals surface area contributed by atoms with E-state index in [-0.39, 0.29) is 5.56 Å². The Morgan fingerprint density at radius 1 is 1.47 bits per heavy atom. The van der Waals surface area contributed by atoms with Gasteiger partial charge in [0.15, 0.2) is 0 Å². The number of aromatic amines is 1. The predicted molar refractivity (Wildman–Crippen MR) is 76.5 cm³/mol. The van der Waals surface area contributed by atoms with Crippen LogP contribution in [0.15, 0.2) is 29.3 Å². The van der Waals surface area contributed by atoms with Gasteiger partial charge in [-0.3, -0.25) is 9.48 Å². The number of nitrogens with one attached hydrogen (secondary N) is 2. The standard InChI is InChI=1S/C14H20N4O/c1-10-9-13(19)17-12(3)14(10)16-11(2)5-8-18-7-4-6-15-18/h4,6-7,9,11,16H,5,8H2,1-3H3,(H,17,19). The van der Waals surface area contributed by atoms with E-state index in [1.165, 1.54) is 0 Å². The molecular weight excluding hydrogens is 240 g/mol. The second kappa shape index (κ2) is 5.73. The molecule has 0 aliphatic carbocycles. The highest BCUT2D eigenvalue weighted by Gasteiger charge is 2.08. The zero-order valence-electron chi connectivity index (χ0n) is 11.6. The summed E-state index contributed by atoms with van der Waals surface area (Å²) in [7, 11) is 0. The number of hydrogen-bond acceptors (Lipinski definition) is 3. The molecule has 1 unspecified atom stereocenters. The molecule has 2 heterocycles. The summed E-state index contributed by atoms with van der Waals surface area (Å²) in [5, 5.41) is 7.64. The Kier molecular flexibility index (Phi) is 4.04. The lowest BCUT2D eigenvalue weighted by Gasteiger charge is -2.18. The molecule has 2 aromatic heterocycles. The monoisotopic (exact) mass is 260 g/mol. The van der Waals surface area contributed by atoms with E-state index in [0.717, 1.165) is 29.9 Å². The summed E-state index contributed by atoms with van der Waals surface area (Å²) in [6.45, 7) is 6.87. The third-order valence-electron chi connectivity index (χ3n) is 3.17. The average Bonchev–Trinajstić information content (AvgIpc) is 2.84. The van der Waals surface area contributed by atoms with Crippen molar-refractivity contribution in [2.45, 2.75) is 39.8 Å². The lowest BCUT2D eigenvalue weighted by molar-refractivity contribution is 0.545. The van der Waals surface area contributed by atoms with Gasteiger partial charge in [-0.05, 0) is 38.8 Å². The molecule has 0 aromatic carbocycles. The van der Waals surface area contributed by atoms with Gasteiger partial charge in [0.25, 0.3) is 0 Å². The van der Waals surface area contributed by atoms with E-state index >= 15 is 0 Å². The van der Waals surface area contributed by atoms with Crippen molar-refractivity contribution in [3.05, 3.63) is 46.1 Å². The fourth-order valence-electron chi connectivity index (χ4n) is 2.15. The van der Waals surface area contributed by atoms with Gasteiger partial charge >= 0.3 is 0 Å². The second-order valence-corrected chi connectivity index (χ2v) is 4.92. The highest BCUT2D eigenvalue weighted by Crippen LogP contribution is 2.17. The maximum Gasteiger partial charge on any atom is 0.248 e. The van der Waals surface area contributed by atoms with Gasteiger partial charge in [0.2, 0.25) is 5.56 Å². The van der Waals surface area contributed by atoms with Crippen LogP contribution < -0.4 is 10.9 Å². The summed E-state index contributed by atoms with van der Waals surface area (Å²) in [6, 6.07) is 3.86. The van der Waals surface area contributed by atoms with Crippen LogP contribution >= 0.6 is 0 Å². The van der Waals surface area contributed by atoms with Gasteiger partial charge in [0.05, 0.1) is 5.69 Å². The van der Waals surface area contributed by atoms with Crippen molar-refractivity contribution < 1.29 is 0 Å². The largest absolute Gasteiger partial charge is 0.381 e. The van der Waals surface area contributed by atoms with Crippen LogP contribution in [0, 0.1) is 13.8 Å². The van der Waals surface area contributed by atoms with Crippen LogP contribution in [0.3, 0.4) is 0 Å². The molecule has 19 heavy (non-hydrogen) atoms. The van der Waals surface area contributed by atoms with Gasteiger partial charge in [-0.1, -0.05) is 0 Å². The van der Waals surface area contributed by atoms with Gasteiger partial charge < -0.3 is 10.3 Å². The quantitative estimate of drug-likeness (QED) is 0.865. The van der Waals surface area contributed by atoms with Crippen LogP contribution in [-0.4, -0.2) is 20.8 Å². The number of aromatic nitrogens is 3. The van der Waals surface area contributed by atoms with Gasteiger partial charge in [-0.25, -0.2) is 0 Å². The number of anilines is 1. The van der Waals surface area contributed by atoms with Gasteiger partial charge in [-0.2, -0.15) is 5.10 Å². The first-order chi connectivity index (χ1) is 9.06. The minimum absolute atomic E-state index is 0.0512. The summed E-state index contributed by atoms with van der Waals surface area (Å²) in [5.74, 6) is 0. The van der Waals surface area contributed by atoms with E-state index in [0.29, 0.717) is 6.04 Å². The maximum absolute atomic E-state index is 11.3. The normalized spacial score (nSPS) is 12.4. The van der Waals surface area contributed by atoms with E-state index in [1.54, 1.807) is 12.3 Å². The minimum Gasteiger partial charge on any atom is -0.381 e. The molecule has 0 saturated heterocycles. The zero-order chi connectivity index (χ0) is 13.8. The Morgan fingerprint density at radius 3 is 2.89 bits per heavy atom. The van der Waals surface area contributed by atoms with Crippen molar-refractivity contribution in [3.8, 4) is 0 Å². The number of hydrogen-bond donors (Lipinski definition) is 2. The number of aryl methyl sites for hydroxylation is 3. The molecule has 0 bridgehead atoms. The molecule has 2 rings (SSSR count). The van der Waals surface area contributed by atoms with Gasteiger partial charge in [-0.15, -0.1) is 0 Å². The summed E-state index contributed by atoms with van der Waals surface area (Å²) in [4.78, 5) is 14.2. The Morgan fingerprint density at radius 2 is 2.26 bits per heavy atom. The topological polar surface area (TPSA) is 62.7 Å². The molecule has 0 fully saturated rings. The van der Waals surface area contributed by atoms with Crippen molar-refractivity contribution in [1.29, 1.82) is 0 Å². The third kappa shape index (κ3) is 3.47. The van der Waals surface area contributed by atoms with E-state index in [9.17, 15) is 4.79 Å². The van der Waals surface area contributed by atoms with E-state index in [1.807, 2.05) is 30.8 Å². The molecule has 2 aromatic rings. The van der Waals surface area contributed by atoms with Crippen LogP contribution in [0.2, 0.25) is 0 Å². The number of H-pyrrole nitrogens is 1.